The summed E-state index contributed by atoms with van der Waals surface area (Å²) >= 11 is 0. The monoisotopic (exact) mass is 144 g/mol. The van der Waals surface area contributed by atoms with Crippen molar-refractivity contribution < 1.29 is 4.79 Å². The van der Waals surface area contributed by atoms with Gasteiger partial charge in [-0.05, 0) is 6.92 Å². The molecule has 3 heteroatoms. The molecular weight excluding hydrogens is 130 g/mol. The molecule has 1 unspecified atom stereocenters. The van der Waals surface area contributed by atoms with Crippen molar-refractivity contribution in [1.82, 2.24) is 0 Å². The minimum atomic E-state index is 0.328. The maximum Gasteiger partial charge on any atom is 0.148 e. The fourth-order valence-electron chi connectivity index (χ4n) is 0.676. The van der Waals surface area contributed by atoms with Gasteiger partial charge in [-0.15, -0.1) is 0 Å². The zero-order chi connectivity index (χ0) is 7.11. The number of carbonyl (C=O) groups is 1. The Kier molecular flexibility index (Phi) is 6.40. The lowest BCUT2D eigenvalue weighted by atomic mass is 9.97. The summed E-state index contributed by atoms with van der Waals surface area (Å²) in [4.78, 5) is 10.4. The minimum Gasteiger partial charge on any atom is -0.300 e. The third-order valence-corrected chi connectivity index (χ3v) is 2.06. The lowest BCUT2D eigenvalue weighted by Crippen LogP contribution is -1.89. The summed E-state index contributed by atoms with van der Waals surface area (Å²) in [6, 6.07) is 0. The summed E-state index contributed by atoms with van der Waals surface area (Å²) in [5.74, 6) is 0.328. The van der Waals surface area contributed by atoms with Crippen molar-refractivity contribution in [3.63, 3.8) is 0 Å². The van der Waals surface area contributed by atoms with Crippen molar-refractivity contribution in [1.29, 1.82) is 0 Å². The molecule has 1 atom stereocenters. The summed E-state index contributed by atoms with van der Waals surface area (Å²) in [5, 5.41) is 0. The minimum absolute atomic E-state index is 0.328. The van der Waals surface area contributed by atoms with Crippen molar-refractivity contribution >= 4 is 21.2 Å². The van der Waals surface area contributed by atoms with Gasteiger partial charge in [-0.2, -0.15) is 8.46 Å². The van der Waals surface area contributed by atoms with Crippen LogP contribution in [0, 0.1) is 0 Å². The quantitative estimate of drug-likeness (QED) is 0.324. The van der Waals surface area contributed by atoms with Crippen LogP contribution in [0.5, 0.6) is 0 Å². The Bertz CT molecular complexity index is 85.1. The molecule has 9 heavy (non-hydrogen) atoms. The second-order valence-electron chi connectivity index (χ2n) is 2.26. The molecule has 0 aliphatic heterocycles. The first-order valence-electron chi connectivity index (χ1n) is 3.41. The van der Waals surface area contributed by atoms with Gasteiger partial charge in [0.25, 0.3) is 0 Å². The number of hydrogen-bond acceptors (Lipinski definition) is 1. The Hall–Kier alpha value is 0.165. The van der Waals surface area contributed by atoms with E-state index < -0.39 is 0 Å². The van der Waals surface area contributed by atoms with Gasteiger partial charge >= 0.3 is 0 Å². The molecule has 0 heterocycles. The zero-order valence-corrected chi connectivity index (χ0v) is 7.24. The maximum atomic E-state index is 10.4. The van der Waals surface area contributed by atoms with E-state index in [0.29, 0.717) is 5.78 Å². The average molecular weight is 144 g/mol. The fourth-order valence-corrected chi connectivity index (χ4v) is 1.28. The Balaban J connectivity index is 2.83. The summed E-state index contributed by atoms with van der Waals surface area (Å²) in [6.07, 6.45) is 3.11. The molecule has 1 nitrogen and oxygen atoms in total. The van der Waals surface area contributed by atoms with Gasteiger partial charge in [0.15, 0.2) is 0 Å². The van der Waals surface area contributed by atoms with Gasteiger partial charge < -0.3 is 4.79 Å². The van der Waals surface area contributed by atoms with E-state index in [-0.39, 0.29) is 0 Å². The number of Topliss-reactive ketones (excluding diaryl/α,β-unsaturated/α-hetero) is 1. The fraction of sp³-hybridized carbons (Fsp3) is 0.833. The van der Waals surface area contributed by atoms with Crippen LogP contribution in [-0.4, -0.2) is 19.4 Å². The van der Waals surface area contributed by atoms with Gasteiger partial charge in [0, 0.05) is 6.42 Å². The average Bonchev–Trinajstić information content (AvgIpc) is 1.80. The van der Waals surface area contributed by atoms with Crippen molar-refractivity contribution in [2.45, 2.75) is 26.1 Å². The largest absolute Gasteiger partial charge is 0.300 e. The highest BCUT2D eigenvalue weighted by Gasteiger charge is 1.92. The summed E-state index contributed by atoms with van der Waals surface area (Å²) in [5.41, 5.74) is 0. The lowest BCUT2D eigenvalue weighted by Gasteiger charge is -1.92. The van der Waals surface area contributed by atoms with E-state index in [0.717, 1.165) is 21.3 Å². The van der Waals surface area contributed by atoms with E-state index in [1.807, 2.05) is 0 Å². The molecule has 0 spiro atoms. The molecule has 0 N–H and O–H groups in total. The molecule has 52 valence electrons. The van der Waals surface area contributed by atoms with Gasteiger partial charge in [-0.25, -0.2) is 0 Å². The van der Waals surface area contributed by atoms with Crippen LogP contribution in [0.1, 0.15) is 19.8 Å². The van der Waals surface area contributed by atoms with Crippen LogP contribution in [0.4, 0.5) is 0 Å². The second-order valence-corrected chi connectivity index (χ2v) is 3.47. The predicted octanol–water partition coefficient (Wildman–Crippen LogP) is 1.43. The standard InChI is InChI=1S/C6H14BOP/c1-6(8)4-3-5-7-9-2/h7,9H,3-5H2,1-2H3. The van der Waals surface area contributed by atoms with Crippen LogP contribution >= 0.6 is 8.46 Å². The van der Waals surface area contributed by atoms with Gasteiger partial charge in [0.2, 0.25) is 0 Å². The van der Waals surface area contributed by atoms with Crippen LogP contribution in [0.2, 0.25) is 6.32 Å². The first-order chi connectivity index (χ1) is 4.27. The van der Waals surface area contributed by atoms with E-state index in [1.165, 1.54) is 13.3 Å². The smallest absolute Gasteiger partial charge is 0.148 e. The normalized spacial score (nSPS) is 10.4. The molecule has 0 aromatic heterocycles. The molecule has 0 amide bonds. The van der Waals surface area contributed by atoms with Gasteiger partial charge in [0.1, 0.15) is 12.8 Å². The molecule has 0 radical (unpaired) electrons. The molecule has 0 aliphatic rings. The summed E-state index contributed by atoms with van der Waals surface area (Å²) < 4.78 is 0. The Morgan fingerprint density at radius 3 is 2.78 bits per heavy atom. The molecule has 0 aliphatic carbocycles. The lowest BCUT2D eigenvalue weighted by molar-refractivity contribution is -0.117. The van der Waals surface area contributed by atoms with E-state index in [9.17, 15) is 4.79 Å². The first-order valence-corrected chi connectivity index (χ1v) is 5.12. The molecule has 0 saturated carbocycles. The van der Waals surface area contributed by atoms with Crippen LogP contribution < -0.4 is 0 Å². The summed E-state index contributed by atoms with van der Waals surface area (Å²) in [7, 11) is 1.05. The number of rotatable bonds is 5. The Labute approximate surface area is 59.6 Å². The Morgan fingerprint density at radius 2 is 2.33 bits per heavy atom. The topological polar surface area (TPSA) is 17.1 Å². The van der Waals surface area contributed by atoms with Crippen molar-refractivity contribution in [3.8, 4) is 0 Å². The first kappa shape index (κ1) is 9.16. The van der Waals surface area contributed by atoms with Crippen LogP contribution in [0.3, 0.4) is 0 Å². The molecule has 0 aromatic rings. The van der Waals surface area contributed by atoms with Crippen molar-refractivity contribution in [2.24, 2.45) is 0 Å². The third kappa shape index (κ3) is 8.16. The molecule has 0 aromatic carbocycles. The number of hydrogen-bond donors (Lipinski definition) is 0. The van der Waals surface area contributed by atoms with Gasteiger partial charge in [-0.1, -0.05) is 19.4 Å². The molecule has 0 rings (SSSR count). The molecular formula is C6H14BOP. The van der Waals surface area contributed by atoms with E-state index in [1.54, 1.807) is 6.92 Å². The van der Waals surface area contributed by atoms with Crippen LogP contribution in [0.25, 0.3) is 0 Å². The Morgan fingerprint density at radius 1 is 1.67 bits per heavy atom. The predicted molar refractivity (Wildman–Crippen MR) is 46.1 cm³/mol. The SMILES string of the molecule is CPBCCCC(C)=O. The second kappa shape index (κ2) is 6.29. The summed E-state index contributed by atoms with van der Waals surface area (Å²) in [6.45, 7) is 5.16. The molecule has 0 bridgehead atoms. The van der Waals surface area contributed by atoms with E-state index in [2.05, 4.69) is 6.66 Å². The molecule has 0 fully saturated rings. The highest BCUT2D eigenvalue weighted by molar-refractivity contribution is 7.70. The van der Waals surface area contributed by atoms with Gasteiger partial charge in [-0.3, -0.25) is 0 Å². The maximum absolute atomic E-state index is 10.4. The number of ketones is 1. The van der Waals surface area contributed by atoms with E-state index >= 15 is 0 Å². The van der Waals surface area contributed by atoms with E-state index in [4.69, 9.17) is 0 Å². The highest BCUT2D eigenvalue weighted by Crippen LogP contribution is 2.05. The zero-order valence-electron chi connectivity index (χ0n) is 6.24. The molecule has 0 saturated heterocycles. The van der Waals surface area contributed by atoms with Crippen LogP contribution in [0.15, 0.2) is 0 Å². The number of carbonyl (C=O) groups excluding carboxylic acids is 1. The third-order valence-electron chi connectivity index (χ3n) is 1.21. The van der Waals surface area contributed by atoms with Gasteiger partial charge in [0.05, 0.1) is 0 Å². The highest BCUT2D eigenvalue weighted by atomic mass is 31.1. The van der Waals surface area contributed by atoms with Crippen molar-refractivity contribution in [3.05, 3.63) is 0 Å². The van der Waals surface area contributed by atoms with Crippen molar-refractivity contribution in [2.75, 3.05) is 6.66 Å². The van der Waals surface area contributed by atoms with Crippen LogP contribution in [-0.2, 0) is 4.79 Å².